The van der Waals surface area contributed by atoms with Crippen molar-refractivity contribution in [2.24, 2.45) is 0 Å². The number of H-pyrrole nitrogens is 1. The summed E-state index contributed by atoms with van der Waals surface area (Å²) in [5.41, 5.74) is 7.06. The molecule has 0 amide bonds. The predicted octanol–water partition coefficient (Wildman–Crippen LogP) is 5.91. The lowest BCUT2D eigenvalue weighted by Gasteiger charge is -2.20. The number of fused-ring (bicyclic) bond motifs is 1. The van der Waals surface area contributed by atoms with Crippen molar-refractivity contribution in [3.8, 4) is 28.3 Å². The fourth-order valence-electron chi connectivity index (χ4n) is 3.65. The molecule has 2 aromatic carbocycles. The molecule has 150 valence electrons. The van der Waals surface area contributed by atoms with E-state index in [9.17, 15) is 5.26 Å². The summed E-state index contributed by atoms with van der Waals surface area (Å²) in [6.07, 6.45) is 4.62. The Morgan fingerprint density at radius 3 is 2.47 bits per heavy atom. The van der Waals surface area contributed by atoms with E-state index < -0.39 is 0 Å². The molecule has 4 aromatic rings. The second-order valence-electron chi connectivity index (χ2n) is 7.84. The van der Waals surface area contributed by atoms with E-state index in [-0.39, 0.29) is 0 Å². The molecular weight excluding hydrogens is 392 g/mol. The minimum absolute atomic E-state index is 0.361. The van der Waals surface area contributed by atoms with Crippen molar-refractivity contribution in [1.29, 1.82) is 5.26 Å². The first kappa shape index (κ1) is 20.2. The lowest BCUT2D eigenvalue weighted by molar-refractivity contribution is 0.311. The Kier molecular flexibility index (Phi) is 5.59. The number of pyridine rings is 1. The second kappa shape index (κ2) is 8.31. The van der Waals surface area contributed by atoms with Crippen molar-refractivity contribution in [3.63, 3.8) is 0 Å². The zero-order valence-electron chi connectivity index (χ0n) is 17.3. The molecule has 0 radical (unpaired) electrons. The van der Waals surface area contributed by atoms with Crippen molar-refractivity contribution >= 4 is 22.5 Å². The first-order chi connectivity index (χ1) is 14.5. The average Bonchev–Trinajstić information content (AvgIpc) is 3.11. The van der Waals surface area contributed by atoms with Gasteiger partial charge in [-0.1, -0.05) is 23.7 Å². The van der Waals surface area contributed by atoms with Crippen LogP contribution < -0.4 is 0 Å². The summed E-state index contributed by atoms with van der Waals surface area (Å²) in [6.45, 7) is 2.21. The number of benzene rings is 2. The maximum absolute atomic E-state index is 9.41. The lowest BCUT2D eigenvalue weighted by atomic mass is 9.97. The Balaban J connectivity index is 1.89. The summed E-state index contributed by atoms with van der Waals surface area (Å²) in [5.74, 6) is 0. The highest BCUT2D eigenvalue weighted by molar-refractivity contribution is 6.30. The fourth-order valence-corrected chi connectivity index (χ4v) is 3.78. The average molecular weight is 415 g/mol. The predicted molar refractivity (Wildman–Crippen MR) is 124 cm³/mol. The van der Waals surface area contributed by atoms with E-state index in [0.717, 1.165) is 45.3 Å². The van der Waals surface area contributed by atoms with Crippen LogP contribution in [0.5, 0.6) is 0 Å². The number of hydrogen-bond acceptors (Lipinski definition) is 3. The Bertz CT molecular complexity index is 1230. The molecule has 2 aromatic heterocycles. The van der Waals surface area contributed by atoms with Crippen molar-refractivity contribution < 1.29 is 0 Å². The van der Waals surface area contributed by atoms with Crippen LogP contribution in [-0.2, 0) is 6.42 Å². The number of nitriles is 1. The molecule has 0 aliphatic rings. The van der Waals surface area contributed by atoms with Crippen LogP contribution in [0.1, 0.15) is 18.2 Å². The number of likely N-dealkylation sites (N-methyl/N-ethyl adjacent to an activating group) is 1. The van der Waals surface area contributed by atoms with Crippen molar-refractivity contribution in [2.75, 3.05) is 14.1 Å². The van der Waals surface area contributed by atoms with Gasteiger partial charge in [-0.3, -0.25) is 4.98 Å². The molecule has 4 nitrogen and oxygen atoms in total. The van der Waals surface area contributed by atoms with Gasteiger partial charge < -0.3 is 9.88 Å². The number of rotatable bonds is 5. The molecule has 30 heavy (non-hydrogen) atoms. The SMILES string of the molecule is CC(Cc1[nH]c2ccc(C#N)cc2c1-c1cncc(-c2ccc(Cl)cc2)c1)N(C)C. The summed E-state index contributed by atoms with van der Waals surface area (Å²) in [6, 6.07) is 18.3. The Morgan fingerprint density at radius 1 is 1.03 bits per heavy atom. The molecule has 2 heterocycles. The van der Waals surface area contributed by atoms with Gasteiger partial charge in [-0.2, -0.15) is 5.26 Å². The highest BCUT2D eigenvalue weighted by Crippen LogP contribution is 2.35. The topological polar surface area (TPSA) is 55.7 Å². The smallest absolute Gasteiger partial charge is 0.0991 e. The van der Waals surface area contributed by atoms with Crippen molar-refractivity contribution in [2.45, 2.75) is 19.4 Å². The van der Waals surface area contributed by atoms with Gasteiger partial charge in [0, 0.05) is 63.2 Å². The molecule has 0 spiro atoms. The molecule has 0 aliphatic heterocycles. The van der Waals surface area contributed by atoms with Crippen LogP contribution in [0, 0.1) is 11.3 Å². The van der Waals surface area contributed by atoms with Crippen LogP contribution in [0.3, 0.4) is 0 Å². The maximum atomic E-state index is 9.41. The molecule has 1 atom stereocenters. The summed E-state index contributed by atoms with van der Waals surface area (Å²) < 4.78 is 0. The minimum atomic E-state index is 0.361. The quantitative estimate of drug-likeness (QED) is 0.441. The number of nitrogens with one attached hydrogen (secondary N) is 1. The molecule has 5 heteroatoms. The van der Waals surface area contributed by atoms with E-state index >= 15 is 0 Å². The summed E-state index contributed by atoms with van der Waals surface area (Å²) in [4.78, 5) is 10.3. The van der Waals surface area contributed by atoms with Gasteiger partial charge in [-0.15, -0.1) is 0 Å². The van der Waals surface area contributed by atoms with E-state index in [1.807, 2.05) is 54.9 Å². The zero-order chi connectivity index (χ0) is 21.3. The van der Waals surface area contributed by atoms with Gasteiger partial charge in [-0.25, -0.2) is 0 Å². The molecule has 1 unspecified atom stereocenters. The largest absolute Gasteiger partial charge is 0.358 e. The van der Waals surface area contributed by atoms with Crippen LogP contribution >= 0.6 is 11.6 Å². The molecule has 4 rings (SSSR count). The number of halogens is 1. The van der Waals surface area contributed by atoms with Crippen molar-refractivity contribution in [1.82, 2.24) is 14.9 Å². The molecule has 0 aliphatic carbocycles. The molecule has 1 N–H and O–H groups in total. The van der Waals surface area contributed by atoms with Gasteiger partial charge in [-0.05, 0) is 63.0 Å². The van der Waals surface area contributed by atoms with Gasteiger partial charge in [0.05, 0.1) is 11.6 Å². The van der Waals surface area contributed by atoms with Crippen LogP contribution in [0.4, 0.5) is 0 Å². The normalized spacial score (nSPS) is 12.3. The molecule has 0 saturated carbocycles. The number of nitrogens with zero attached hydrogens (tertiary/aromatic N) is 3. The van der Waals surface area contributed by atoms with Gasteiger partial charge in [0.2, 0.25) is 0 Å². The van der Waals surface area contributed by atoms with E-state index in [0.29, 0.717) is 16.6 Å². The fraction of sp³-hybridized carbons (Fsp3) is 0.200. The number of hydrogen-bond donors (Lipinski definition) is 1. The van der Waals surface area contributed by atoms with E-state index in [1.54, 1.807) is 0 Å². The lowest BCUT2D eigenvalue weighted by Crippen LogP contribution is -2.26. The maximum Gasteiger partial charge on any atom is 0.0991 e. The highest BCUT2D eigenvalue weighted by atomic mass is 35.5. The van der Waals surface area contributed by atoms with Crippen LogP contribution in [0.15, 0.2) is 60.9 Å². The van der Waals surface area contributed by atoms with Gasteiger partial charge in [0.15, 0.2) is 0 Å². The first-order valence-electron chi connectivity index (χ1n) is 9.88. The molecular formula is C25H23ClN4. The summed E-state index contributed by atoms with van der Waals surface area (Å²) in [5, 5.41) is 11.2. The van der Waals surface area contributed by atoms with E-state index in [1.165, 1.54) is 0 Å². The van der Waals surface area contributed by atoms with E-state index in [4.69, 9.17) is 11.6 Å². The minimum Gasteiger partial charge on any atom is -0.358 e. The van der Waals surface area contributed by atoms with Crippen LogP contribution in [0.25, 0.3) is 33.2 Å². The van der Waals surface area contributed by atoms with Gasteiger partial charge in [0.1, 0.15) is 0 Å². The third kappa shape index (κ3) is 3.95. The van der Waals surface area contributed by atoms with Crippen LogP contribution in [-0.4, -0.2) is 35.0 Å². The van der Waals surface area contributed by atoms with Crippen molar-refractivity contribution in [3.05, 3.63) is 77.2 Å². The standard InChI is InChI=1S/C25H23ClN4/c1-16(30(2)3)10-24-25(22-11-17(13-27)4-9-23(22)29-24)20-12-19(14-28-15-20)18-5-7-21(26)8-6-18/h4-9,11-12,14-16,29H,10H2,1-3H3. The molecule has 0 fully saturated rings. The zero-order valence-corrected chi connectivity index (χ0v) is 18.0. The first-order valence-corrected chi connectivity index (χ1v) is 10.3. The second-order valence-corrected chi connectivity index (χ2v) is 8.27. The third-order valence-corrected chi connectivity index (χ3v) is 5.84. The Labute approximate surface area is 181 Å². The molecule has 0 bridgehead atoms. The monoisotopic (exact) mass is 414 g/mol. The summed E-state index contributed by atoms with van der Waals surface area (Å²) >= 11 is 6.05. The number of aromatic amines is 1. The Morgan fingerprint density at radius 2 is 1.77 bits per heavy atom. The summed E-state index contributed by atoms with van der Waals surface area (Å²) in [7, 11) is 4.17. The highest BCUT2D eigenvalue weighted by Gasteiger charge is 2.18. The Hall–Kier alpha value is -3.13. The molecule has 0 saturated heterocycles. The number of aromatic nitrogens is 2. The van der Waals surface area contributed by atoms with Crippen LogP contribution in [0.2, 0.25) is 5.02 Å². The third-order valence-electron chi connectivity index (χ3n) is 5.59. The van der Waals surface area contributed by atoms with Gasteiger partial charge in [0.25, 0.3) is 0 Å². The van der Waals surface area contributed by atoms with E-state index in [2.05, 4.69) is 48.0 Å². The van der Waals surface area contributed by atoms with Gasteiger partial charge >= 0.3 is 0 Å².